The fourth-order valence-corrected chi connectivity index (χ4v) is 9.61. The van der Waals surface area contributed by atoms with Crippen molar-refractivity contribution in [1.29, 1.82) is 0 Å². The summed E-state index contributed by atoms with van der Waals surface area (Å²) in [7, 11) is 1.55. The summed E-state index contributed by atoms with van der Waals surface area (Å²) in [5.74, 6) is 0.318. The second-order valence-corrected chi connectivity index (χ2v) is 15.8. The first-order valence-electron chi connectivity index (χ1n) is 21.2. The molecule has 4 aromatic carbocycles. The molecule has 0 spiro atoms. The zero-order valence-corrected chi connectivity index (χ0v) is 34.3. The molecule has 3 aliphatic rings. The normalized spacial score (nSPS) is 23.7. The lowest BCUT2D eigenvalue weighted by Crippen LogP contribution is -2.70. The van der Waals surface area contributed by atoms with Crippen molar-refractivity contribution < 1.29 is 38.8 Å². The summed E-state index contributed by atoms with van der Waals surface area (Å²) >= 11 is 0. The summed E-state index contributed by atoms with van der Waals surface area (Å²) in [5, 5.41) is 26.7. The zero-order valence-electron chi connectivity index (χ0n) is 34.3. The molecule has 10 nitrogen and oxygen atoms in total. The lowest BCUT2D eigenvalue weighted by Gasteiger charge is -2.59. The van der Waals surface area contributed by atoms with Crippen LogP contribution in [0.15, 0.2) is 120 Å². The average Bonchev–Trinajstić information content (AvgIpc) is 3.26. The van der Waals surface area contributed by atoms with E-state index in [1.165, 1.54) is 0 Å². The van der Waals surface area contributed by atoms with Gasteiger partial charge in [-0.3, -0.25) is 4.90 Å². The summed E-state index contributed by atoms with van der Waals surface area (Å²) in [6.07, 6.45) is 9.31. The Morgan fingerprint density at radius 1 is 0.932 bits per heavy atom. The SMILES string of the molecule is C=CCO[C@@]12Oc3ccc(Oc4ccc5ccccc5c4)cc3[C@H]3[C@H](CCCCO)[C@@H](CCCCO)C=C(C(=NOC)C[C@@H]1N(CCC)C(=O)OCc1ccccc1)[C@H]32. The Bertz CT molecular complexity index is 2100. The molecule has 0 bridgehead atoms. The predicted molar refractivity (Wildman–Crippen MR) is 230 cm³/mol. The quantitative estimate of drug-likeness (QED) is 0.0547. The first-order valence-corrected chi connectivity index (χ1v) is 21.2. The Balaban J connectivity index is 1.39. The highest BCUT2D eigenvalue weighted by molar-refractivity contribution is 6.03. The Labute approximate surface area is 348 Å². The van der Waals surface area contributed by atoms with Crippen molar-refractivity contribution in [3.63, 3.8) is 0 Å². The third-order valence-corrected chi connectivity index (χ3v) is 12.1. The molecule has 0 saturated heterocycles. The number of rotatable bonds is 19. The van der Waals surface area contributed by atoms with E-state index in [1.807, 2.05) is 73.7 Å². The molecule has 7 rings (SSSR count). The van der Waals surface area contributed by atoms with Crippen molar-refractivity contribution >= 4 is 22.6 Å². The van der Waals surface area contributed by atoms with Crippen LogP contribution < -0.4 is 9.47 Å². The third-order valence-electron chi connectivity index (χ3n) is 12.1. The van der Waals surface area contributed by atoms with Crippen LogP contribution in [0, 0.1) is 17.8 Å². The summed E-state index contributed by atoms with van der Waals surface area (Å²) in [4.78, 5) is 21.8. The van der Waals surface area contributed by atoms with Crippen molar-refractivity contribution in [2.75, 3.05) is 33.5 Å². The topological polar surface area (TPSA) is 119 Å². The smallest absolute Gasteiger partial charge is 0.410 e. The maximum Gasteiger partial charge on any atom is 0.410 e. The minimum absolute atomic E-state index is 0.0893. The minimum atomic E-state index is -1.36. The minimum Gasteiger partial charge on any atom is -0.459 e. The highest BCUT2D eigenvalue weighted by atomic mass is 16.7. The molecule has 4 aromatic rings. The largest absolute Gasteiger partial charge is 0.459 e. The van der Waals surface area contributed by atoms with E-state index < -0.39 is 23.8 Å². The summed E-state index contributed by atoms with van der Waals surface area (Å²) < 4.78 is 27.0. The number of ether oxygens (including phenoxy) is 4. The zero-order chi connectivity index (χ0) is 41.2. The van der Waals surface area contributed by atoms with Gasteiger partial charge < -0.3 is 34.0 Å². The molecule has 1 aliphatic heterocycles. The van der Waals surface area contributed by atoms with E-state index in [-0.39, 0.29) is 44.2 Å². The standard InChI is InChI=1S/C49H58N2O8/c1-4-25-51(48(54)56-33-34-15-7-6-8-16-34)45-32-43(50-55-3)41-30-37(19-11-13-26-52)40(20-12-14-27-53)46-42-31-39(58-38-22-21-35-17-9-10-18-36(35)29-38)23-24-44(42)59-49(45,47(41)46)57-28-5-2/h5-10,15-18,21-24,29-31,37,40,45-47,52-53H,2,4,11-14,19-20,25-28,32-33H2,1,3H3/t37-,40+,45-,46+,47+,49+/m0/s1. The van der Waals surface area contributed by atoms with Crippen LogP contribution >= 0.6 is 0 Å². The molecule has 0 aromatic heterocycles. The molecule has 1 fully saturated rings. The van der Waals surface area contributed by atoms with E-state index in [9.17, 15) is 15.0 Å². The van der Waals surface area contributed by atoms with Crippen LogP contribution in [0.4, 0.5) is 4.79 Å². The van der Waals surface area contributed by atoms with Crippen LogP contribution in [0.25, 0.3) is 10.8 Å². The van der Waals surface area contributed by atoms with Crippen LogP contribution in [-0.4, -0.2) is 72.2 Å². The van der Waals surface area contributed by atoms with Gasteiger partial charge in [0.15, 0.2) is 0 Å². The number of amides is 1. The van der Waals surface area contributed by atoms with E-state index >= 15 is 0 Å². The lowest BCUT2D eigenvalue weighted by atomic mass is 9.55. The molecule has 10 heteroatoms. The fourth-order valence-electron chi connectivity index (χ4n) is 9.61. The number of nitrogens with zero attached hydrogens (tertiary/aromatic N) is 2. The highest BCUT2D eigenvalue weighted by Crippen LogP contribution is 2.62. The monoisotopic (exact) mass is 802 g/mol. The molecule has 0 radical (unpaired) electrons. The van der Waals surface area contributed by atoms with Gasteiger partial charge in [0.2, 0.25) is 5.79 Å². The van der Waals surface area contributed by atoms with E-state index in [0.717, 1.165) is 64.6 Å². The van der Waals surface area contributed by atoms with E-state index in [1.54, 1.807) is 18.1 Å². The molecule has 312 valence electrons. The van der Waals surface area contributed by atoms with Gasteiger partial charge in [0.1, 0.15) is 37.0 Å². The number of aliphatic hydroxyl groups is 2. The van der Waals surface area contributed by atoms with Crippen LogP contribution in [0.2, 0.25) is 0 Å². The predicted octanol–water partition coefficient (Wildman–Crippen LogP) is 9.94. The molecule has 6 atom stereocenters. The molecule has 1 heterocycles. The highest BCUT2D eigenvalue weighted by Gasteiger charge is 2.65. The number of benzene rings is 4. The maximum atomic E-state index is 14.4. The second kappa shape index (κ2) is 19.7. The van der Waals surface area contributed by atoms with Gasteiger partial charge in [0.05, 0.1) is 18.2 Å². The van der Waals surface area contributed by atoms with Gasteiger partial charge >= 0.3 is 6.09 Å². The van der Waals surface area contributed by atoms with Crippen molar-refractivity contribution in [1.82, 2.24) is 4.90 Å². The van der Waals surface area contributed by atoms with E-state index in [4.69, 9.17) is 23.8 Å². The maximum absolute atomic E-state index is 14.4. The summed E-state index contributed by atoms with van der Waals surface area (Å²) in [6, 6.07) is 29.3. The van der Waals surface area contributed by atoms with Gasteiger partial charge in [-0.1, -0.05) is 97.7 Å². The Kier molecular flexibility index (Phi) is 14.0. The van der Waals surface area contributed by atoms with Crippen molar-refractivity contribution in [3.8, 4) is 17.2 Å². The van der Waals surface area contributed by atoms with Crippen molar-refractivity contribution in [2.45, 2.75) is 82.6 Å². The van der Waals surface area contributed by atoms with E-state index in [2.05, 4.69) is 42.1 Å². The first kappa shape index (κ1) is 42.0. The number of oxime groups is 1. The molecule has 2 N–H and O–H groups in total. The number of allylic oxidation sites excluding steroid dienone is 1. The van der Waals surface area contributed by atoms with Crippen LogP contribution in [-0.2, 0) is 20.9 Å². The Morgan fingerprint density at radius 3 is 2.41 bits per heavy atom. The number of unbranched alkanes of at least 4 members (excludes halogenated alkanes) is 2. The Hall–Kier alpha value is -5.16. The van der Waals surface area contributed by atoms with Gasteiger partial charge in [0, 0.05) is 37.7 Å². The Morgan fingerprint density at radius 2 is 1.66 bits per heavy atom. The average molecular weight is 803 g/mol. The van der Waals surface area contributed by atoms with Gasteiger partial charge in [-0.05, 0) is 96.2 Å². The summed E-state index contributed by atoms with van der Waals surface area (Å²) in [6.45, 7) is 7.00. The van der Waals surface area contributed by atoms with Gasteiger partial charge in [-0.15, -0.1) is 6.58 Å². The molecule has 1 amide bonds. The molecule has 1 saturated carbocycles. The number of carbonyl (C=O) groups is 1. The van der Waals surface area contributed by atoms with E-state index in [0.29, 0.717) is 43.7 Å². The van der Waals surface area contributed by atoms with Crippen LogP contribution in [0.3, 0.4) is 0 Å². The molecular formula is C49H58N2O8. The number of fused-ring (bicyclic) bond motifs is 3. The number of hydrogen-bond donors (Lipinski definition) is 2. The number of aliphatic hydroxyl groups excluding tert-OH is 2. The lowest BCUT2D eigenvalue weighted by molar-refractivity contribution is -0.255. The fraction of sp³-hybridized carbons (Fsp3) is 0.429. The van der Waals surface area contributed by atoms with Gasteiger partial charge in [0.25, 0.3) is 0 Å². The van der Waals surface area contributed by atoms with Crippen LogP contribution in [0.1, 0.15) is 75.3 Å². The van der Waals surface area contributed by atoms with Crippen molar-refractivity contribution in [2.24, 2.45) is 22.9 Å². The molecule has 59 heavy (non-hydrogen) atoms. The third kappa shape index (κ3) is 9.05. The molecular weight excluding hydrogens is 745 g/mol. The number of carbonyl (C=O) groups excluding carboxylic acids is 1. The first-order chi connectivity index (χ1) is 28.9. The van der Waals surface area contributed by atoms with Crippen molar-refractivity contribution in [3.05, 3.63) is 126 Å². The summed E-state index contributed by atoms with van der Waals surface area (Å²) in [5.41, 5.74) is 3.59. The van der Waals surface area contributed by atoms with Gasteiger partial charge in [-0.2, -0.15) is 0 Å². The molecule has 2 aliphatic carbocycles. The second-order valence-electron chi connectivity index (χ2n) is 15.8. The van der Waals surface area contributed by atoms with Crippen LogP contribution in [0.5, 0.6) is 17.2 Å². The molecule has 0 unspecified atom stereocenters. The number of hydrogen-bond acceptors (Lipinski definition) is 9. The van der Waals surface area contributed by atoms with Gasteiger partial charge in [-0.25, -0.2) is 4.79 Å².